The summed E-state index contributed by atoms with van der Waals surface area (Å²) in [6.07, 6.45) is 5.86. The molecule has 2 heterocycles. The zero-order chi connectivity index (χ0) is 12.5. The molecule has 1 aromatic carbocycles. The fraction of sp³-hybridized carbons (Fsp3) is 0.286. The molecule has 1 atom stereocenters. The van der Waals surface area contributed by atoms with Crippen molar-refractivity contribution >= 4 is 27.6 Å². The van der Waals surface area contributed by atoms with E-state index in [0.29, 0.717) is 6.04 Å². The zero-order valence-electron chi connectivity index (χ0n) is 10.2. The predicted molar refractivity (Wildman–Crippen MR) is 76.1 cm³/mol. The van der Waals surface area contributed by atoms with Gasteiger partial charge in [0.1, 0.15) is 0 Å². The Labute approximate surface area is 115 Å². The van der Waals surface area contributed by atoms with Gasteiger partial charge in [0.25, 0.3) is 0 Å². The molecule has 92 valence electrons. The van der Waals surface area contributed by atoms with Crippen LogP contribution in [0.1, 0.15) is 18.9 Å². The smallest absolute Gasteiger partial charge is 0.230 e. The lowest BCUT2D eigenvalue weighted by Crippen LogP contribution is -2.34. The topological polar surface area (TPSA) is 29.0 Å². The van der Waals surface area contributed by atoms with Crippen LogP contribution in [0, 0.1) is 0 Å². The fourth-order valence-electron chi connectivity index (χ4n) is 2.42. The standard InChI is InChI=1S/C14H14BrN3/c1-10-6-7-11-4-2-3-5-13(11)18(10)14-16-8-12(15)9-17-14/h2-5,8-10H,6-7H2,1H3. The summed E-state index contributed by atoms with van der Waals surface area (Å²) >= 11 is 3.37. The van der Waals surface area contributed by atoms with E-state index in [9.17, 15) is 0 Å². The number of hydrogen-bond acceptors (Lipinski definition) is 3. The van der Waals surface area contributed by atoms with E-state index in [1.165, 1.54) is 11.3 Å². The maximum Gasteiger partial charge on any atom is 0.230 e. The van der Waals surface area contributed by atoms with Gasteiger partial charge >= 0.3 is 0 Å². The van der Waals surface area contributed by atoms with Crippen molar-refractivity contribution in [3.8, 4) is 0 Å². The van der Waals surface area contributed by atoms with Gasteiger partial charge in [-0.15, -0.1) is 0 Å². The average molecular weight is 304 g/mol. The van der Waals surface area contributed by atoms with Crippen molar-refractivity contribution in [1.82, 2.24) is 9.97 Å². The second-order valence-corrected chi connectivity index (χ2v) is 5.50. The number of aromatic nitrogens is 2. The normalized spacial score (nSPS) is 18.6. The van der Waals surface area contributed by atoms with Gasteiger partial charge in [-0.3, -0.25) is 0 Å². The van der Waals surface area contributed by atoms with E-state index in [0.717, 1.165) is 23.3 Å². The van der Waals surface area contributed by atoms with Crippen molar-refractivity contribution in [3.63, 3.8) is 0 Å². The number of aryl methyl sites for hydroxylation is 1. The zero-order valence-corrected chi connectivity index (χ0v) is 11.8. The summed E-state index contributed by atoms with van der Waals surface area (Å²) in [5.41, 5.74) is 2.61. The Morgan fingerprint density at radius 2 is 1.94 bits per heavy atom. The number of nitrogens with zero attached hydrogens (tertiary/aromatic N) is 3. The maximum absolute atomic E-state index is 4.42. The molecule has 0 aliphatic carbocycles. The van der Waals surface area contributed by atoms with Gasteiger partial charge in [-0.2, -0.15) is 0 Å². The molecule has 0 saturated carbocycles. The van der Waals surface area contributed by atoms with Gasteiger partial charge in [0.2, 0.25) is 5.95 Å². The number of anilines is 2. The highest BCUT2D eigenvalue weighted by molar-refractivity contribution is 9.10. The summed E-state index contributed by atoms with van der Waals surface area (Å²) in [6.45, 7) is 2.22. The molecule has 0 fully saturated rings. The lowest BCUT2D eigenvalue weighted by molar-refractivity contribution is 0.607. The van der Waals surface area contributed by atoms with Crippen LogP contribution in [0.3, 0.4) is 0 Å². The minimum absolute atomic E-state index is 0.432. The highest BCUT2D eigenvalue weighted by Crippen LogP contribution is 2.34. The summed E-state index contributed by atoms with van der Waals surface area (Å²) in [4.78, 5) is 11.1. The Bertz CT molecular complexity index is 553. The minimum Gasteiger partial charge on any atom is -0.307 e. The third-order valence-corrected chi connectivity index (χ3v) is 3.76. The molecule has 0 bridgehead atoms. The number of para-hydroxylation sites is 1. The van der Waals surface area contributed by atoms with Crippen molar-refractivity contribution in [2.45, 2.75) is 25.8 Å². The van der Waals surface area contributed by atoms with Gasteiger partial charge in [0.05, 0.1) is 4.47 Å². The fourth-order valence-corrected chi connectivity index (χ4v) is 2.63. The summed E-state index contributed by atoms with van der Waals surface area (Å²) < 4.78 is 0.907. The van der Waals surface area contributed by atoms with Gasteiger partial charge in [-0.05, 0) is 47.3 Å². The molecule has 0 N–H and O–H groups in total. The van der Waals surface area contributed by atoms with E-state index in [4.69, 9.17) is 0 Å². The summed E-state index contributed by atoms with van der Waals surface area (Å²) in [5, 5.41) is 0. The van der Waals surface area contributed by atoms with E-state index < -0.39 is 0 Å². The first-order valence-corrected chi connectivity index (χ1v) is 6.89. The minimum atomic E-state index is 0.432. The summed E-state index contributed by atoms with van der Waals surface area (Å²) in [6, 6.07) is 8.93. The molecule has 0 saturated heterocycles. The van der Waals surface area contributed by atoms with Crippen LogP contribution in [-0.4, -0.2) is 16.0 Å². The molecule has 1 aliphatic heterocycles. The van der Waals surface area contributed by atoms with Crippen LogP contribution in [0.5, 0.6) is 0 Å². The quantitative estimate of drug-likeness (QED) is 0.804. The first-order chi connectivity index (χ1) is 8.75. The van der Waals surface area contributed by atoms with Gasteiger partial charge < -0.3 is 4.90 Å². The predicted octanol–water partition coefficient (Wildman–Crippen LogP) is 3.71. The molecular formula is C14H14BrN3. The first-order valence-electron chi connectivity index (χ1n) is 6.10. The van der Waals surface area contributed by atoms with Gasteiger partial charge in [-0.25, -0.2) is 9.97 Å². The second kappa shape index (κ2) is 4.69. The van der Waals surface area contributed by atoms with E-state index >= 15 is 0 Å². The van der Waals surface area contributed by atoms with Crippen LogP contribution in [-0.2, 0) is 6.42 Å². The van der Waals surface area contributed by atoms with E-state index in [2.05, 4.69) is 62.0 Å². The van der Waals surface area contributed by atoms with E-state index in [1.807, 2.05) is 0 Å². The van der Waals surface area contributed by atoms with Gasteiger partial charge in [0, 0.05) is 24.1 Å². The Morgan fingerprint density at radius 1 is 1.22 bits per heavy atom. The Kier molecular flexibility index (Phi) is 3.04. The first kappa shape index (κ1) is 11.7. The molecule has 4 heteroatoms. The molecule has 1 aromatic heterocycles. The molecule has 0 amide bonds. The molecule has 2 aromatic rings. The molecule has 3 rings (SSSR count). The Morgan fingerprint density at radius 3 is 2.72 bits per heavy atom. The molecular weight excluding hydrogens is 290 g/mol. The largest absolute Gasteiger partial charge is 0.307 e. The average Bonchev–Trinajstić information content (AvgIpc) is 2.40. The molecule has 1 unspecified atom stereocenters. The Hall–Kier alpha value is -1.42. The van der Waals surface area contributed by atoms with Crippen molar-refractivity contribution in [1.29, 1.82) is 0 Å². The summed E-state index contributed by atoms with van der Waals surface area (Å²) in [5.74, 6) is 0.776. The Balaban J connectivity index is 2.07. The molecule has 18 heavy (non-hydrogen) atoms. The highest BCUT2D eigenvalue weighted by atomic mass is 79.9. The van der Waals surface area contributed by atoms with Gasteiger partial charge in [0.15, 0.2) is 0 Å². The molecule has 1 aliphatic rings. The van der Waals surface area contributed by atoms with Crippen LogP contribution in [0.25, 0.3) is 0 Å². The van der Waals surface area contributed by atoms with Crippen molar-refractivity contribution in [2.24, 2.45) is 0 Å². The maximum atomic E-state index is 4.42. The molecule has 3 nitrogen and oxygen atoms in total. The van der Waals surface area contributed by atoms with Crippen LogP contribution in [0.2, 0.25) is 0 Å². The second-order valence-electron chi connectivity index (χ2n) is 4.59. The molecule has 0 radical (unpaired) electrons. The number of rotatable bonds is 1. The van der Waals surface area contributed by atoms with Crippen LogP contribution in [0.15, 0.2) is 41.1 Å². The van der Waals surface area contributed by atoms with Gasteiger partial charge in [-0.1, -0.05) is 18.2 Å². The third kappa shape index (κ3) is 2.01. The number of hydrogen-bond donors (Lipinski definition) is 0. The SMILES string of the molecule is CC1CCc2ccccc2N1c1ncc(Br)cn1. The lowest BCUT2D eigenvalue weighted by atomic mass is 9.97. The van der Waals surface area contributed by atoms with Crippen LogP contribution < -0.4 is 4.90 Å². The number of halogens is 1. The lowest BCUT2D eigenvalue weighted by Gasteiger charge is -2.35. The monoisotopic (exact) mass is 303 g/mol. The van der Waals surface area contributed by atoms with Crippen LogP contribution >= 0.6 is 15.9 Å². The van der Waals surface area contributed by atoms with Crippen molar-refractivity contribution < 1.29 is 0 Å². The number of benzene rings is 1. The van der Waals surface area contributed by atoms with Crippen molar-refractivity contribution in [3.05, 3.63) is 46.7 Å². The van der Waals surface area contributed by atoms with E-state index in [1.54, 1.807) is 12.4 Å². The summed E-state index contributed by atoms with van der Waals surface area (Å²) in [7, 11) is 0. The van der Waals surface area contributed by atoms with Crippen LogP contribution in [0.4, 0.5) is 11.6 Å². The van der Waals surface area contributed by atoms with E-state index in [-0.39, 0.29) is 0 Å². The molecule has 0 spiro atoms. The number of fused-ring (bicyclic) bond motifs is 1. The highest BCUT2D eigenvalue weighted by Gasteiger charge is 2.25. The third-order valence-electron chi connectivity index (χ3n) is 3.35. The van der Waals surface area contributed by atoms with Crippen molar-refractivity contribution in [2.75, 3.05) is 4.90 Å².